The first-order valence-electron chi connectivity index (χ1n) is 28.2. The summed E-state index contributed by atoms with van der Waals surface area (Å²) in [5.41, 5.74) is 11.2. The fourth-order valence-electron chi connectivity index (χ4n) is 8.06. The Morgan fingerprint density at radius 1 is 0.419 bits per heavy atom. The number of hydrogen-bond acceptors (Lipinski definition) is 30. The quantitative estimate of drug-likeness (QED) is 0.0219. The minimum absolute atomic E-state index is 0.0185. The number of ether oxygens (including phenoxy) is 3. The van der Waals surface area contributed by atoms with Gasteiger partial charge in [0, 0.05) is 18.6 Å². The third-order valence-corrected chi connectivity index (χ3v) is 18.0. The van der Waals surface area contributed by atoms with Gasteiger partial charge in [-0.2, -0.15) is 39.5 Å². The number of anilines is 6. The van der Waals surface area contributed by atoms with E-state index in [2.05, 4.69) is 122 Å². The van der Waals surface area contributed by atoms with Crippen molar-refractivity contribution in [1.82, 2.24) is 75.8 Å². The molecule has 48 heteroatoms. The fourth-order valence-corrected chi connectivity index (χ4v) is 11.3. The van der Waals surface area contributed by atoms with Gasteiger partial charge in [-0.15, -0.1) is 34.0 Å². The molecule has 0 spiro atoms. The number of nitrogens with two attached hydrogens (primary N) is 3. The lowest BCUT2D eigenvalue weighted by Crippen LogP contribution is -2.30. The van der Waals surface area contributed by atoms with Crippen LogP contribution in [-0.2, 0) is 32.7 Å². The number of hydrogen-bond donors (Lipinski definition) is 9. The van der Waals surface area contributed by atoms with Gasteiger partial charge in [0.05, 0.1) is 94.8 Å². The van der Waals surface area contributed by atoms with Crippen LogP contribution in [0.1, 0.15) is 162 Å². The minimum Gasteiger partial charge on any atom is -0.465 e. The number of rotatable bonds is 18. The van der Waals surface area contributed by atoms with Crippen LogP contribution in [0.4, 0.5) is 74.4 Å². The van der Waals surface area contributed by atoms with Crippen molar-refractivity contribution in [2.45, 2.75) is 57.4 Å². The number of halogens is 12. The number of nitrogens with one attached hydrogen (secondary N) is 6. The summed E-state index contributed by atoms with van der Waals surface area (Å²) in [4.78, 5) is 157. The van der Waals surface area contributed by atoms with Crippen molar-refractivity contribution >= 4 is 161 Å². The topological polar surface area (TPSA) is 486 Å². The SMILES string of the molecule is CC(NC(=O)c1ncnc(N)c1Br)c1ncc(C(=O)Nc2cc(C(F)(F)F)c(Cl)cn2)s1.COC(=O)c1c(N)ncnc1C(=O)NC(C)c1ncc(C(=O)Nc2cc(C(F)(F)F)c(Cl)cn2)s1.COC(=O)c1cnc(NC(=O)c2cnc(C(C)NC(=O)c3ncnc(N)c3C(=O)OC)s2)cc1C(F)(F)F. The Morgan fingerprint density at radius 3 is 1.06 bits per heavy atom. The van der Waals surface area contributed by atoms with Crippen LogP contribution in [0.5, 0.6) is 0 Å². The maximum atomic E-state index is 13.4. The predicted molar refractivity (Wildman–Crippen MR) is 357 cm³/mol. The van der Waals surface area contributed by atoms with Gasteiger partial charge < -0.3 is 63.3 Å². The van der Waals surface area contributed by atoms with Crippen LogP contribution in [0.15, 0.2) is 78.8 Å². The highest BCUT2D eigenvalue weighted by Gasteiger charge is 2.38. The molecule has 0 radical (unpaired) electrons. The molecular weight excluding hydrogens is 1590 g/mol. The summed E-state index contributed by atoms with van der Waals surface area (Å²) in [7, 11) is 3.11. The number of carbonyl (C=O) groups is 9. The van der Waals surface area contributed by atoms with Crippen molar-refractivity contribution < 1.29 is 96.9 Å². The number of aromatic nitrogens is 12. The molecule has 0 bridgehead atoms. The normalized spacial score (nSPS) is 12.1. The van der Waals surface area contributed by atoms with Gasteiger partial charge in [0.2, 0.25) is 0 Å². The second-order valence-corrected chi connectivity index (χ2v) is 25.0. The molecule has 0 saturated heterocycles. The molecule has 0 aliphatic carbocycles. The van der Waals surface area contributed by atoms with E-state index >= 15 is 0 Å². The predicted octanol–water partition coefficient (Wildman–Crippen LogP) is 9.45. The number of nitrogens with zero attached hydrogens (tertiary/aromatic N) is 12. The van der Waals surface area contributed by atoms with Crippen molar-refractivity contribution in [2.24, 2.45) is 0 Å². The van der Waals surface area contributed by atoms with Gasteiger partial charge in [-0.3, -0.25) is 28.8 Å². The van der Waals surface area contributed by atoms with Crippen molar-refractivity contribution in [1.29, 1.82) is 0 Å². The second-order valence-electron chi connectivity index (χ2n) is 20.2. The second kappa shape index (κ2) is 34.3. The zero-order chi connectivity index (χ0) is 77.7. The lowest BCUT2D eigenvalue weighted by Gasteiger charge is -2.13. The van der Waals surface area contributed by atoms with Crippen molar-refractivity contribution in [3.05, 3.63) is 169 Å². The maximum absolute atomic E-state index is 13.4. The summed E-state index contributed by atoms with van der Waals surface area (Å²) < 4.78 is 132. The van der Waals surface area contributed by atoms with E-state index in [-0.39, 0.29) is 86.4 Å². The summed E-state index contributed by atoms with van der Waals surface area (Å²) in [6, 6.07) is -0.400. The Balaban J connectivity index is 0.000000221. The number of methoxy groups -OCH3 is 3. The fraction of sp³-hybridized carbons (Fsp3) is 0.211. The number of carbonyl (C=O) groups excluding carboxylic acids is 9. The Morgan fingerprint density at radius 2 is 0.724 bits per heavy atom. The first kappa shape index (κ1) is 80.9. The highest BCUT2D eigenvalue weighted by Crippen LogP contribution is 2.38. The summed E-state index contributed by atoms with van der Waals surface area (Å²) in [6.07, 6.45) is -5.44. The largest absolute Gasteiger partial charge is 0.465 e. The van der Waals surface area contributed by atoms with Crippen LogP contribution in [0.25, 0.3) is 0 Å². The van der Waals surface area contributed by atoms with E-state index in [1.165, 1.54) is 19.3 Å². The molecule has 9 aromatic heterocycles. The number of alkyl halides is 9. The molecule has 3 unspecified atom stereocenters. The van der Waals surface area contributed by atoms with Crippen LogP contribution in [0.3, 0.4) is 0 Å². The van der Waals surface area contributed by atoms with Gasteiger partial charge in [0.1, 0.15) is 112 Å². The monoisotopic (exact) mass is 1630 g/mol. The summed E-state index contributed by atoms with van der Waals surface area (Å²) in [6.45, 7) is 4.72. The van der Waals surface area contributed by atoms with Gasteiger partial charge in [-0.25, -0.2) is 74.2 Å². The van der Waals surface area contributed by atoms with E-state index < -0.39 is 128 Å². The summed E-state index contributed by atoms with van der Waals surface area (Å²) in [5, 5.41) is 14.2. The third-order valence-electron chi connectivity index (χ3n) is 13.1. The molecule has 6 amide bonds. The molecule has 3 atom stereocenters. The standard InChI is InChI=1S/C21H18F3N7O6S.C19H15ClF3N7O4S.C17H12BrClF3N7O2S/c1-8(30-17(33)14-13(20(35)37-3)15(25)29-7-28-14)18-27-6-11(38-18)16(32)31-12-4-10(21(22,23)24)9(5-26-12)19(34)36-2;1-7(29-16(32)13-12(18(33)34-2)14(24)28-6-27-13)17-26-5-10(35-17)15(31)30-11-3-8(19(21,22)23)9(20)4-25-11;1-6(28-15(31)12-11(18)13(23)27-5-26-12)16-25-4-9(32-16)14(30)29-10-2-7(17(20,21)22)8(19)3-24-10/h4-8H,1-3H3,(H,30,33)(H2,25,28,29)(H,26,31,32);3-7H,1-2H3,(H,29,32)(H2,24,27,28)(H,25,30,31);2-6H,1H3,(H,28,31)(H2,23,26,27)(H,24,29,30). The molecule has 0 aromatic carbocycles. The van der Waals surface area contributed by atoms with E-state index in [0.29, 0.717) is 29.4 Å². The van der Waals surface area contributed by atoms with Crippen molar-refractivity contribution in [2.75, 3.05) is 54.5 Å². The summed E-state index contributed by atoms with van der Waals surface area (Å²) in [5.74, 6) is -9.10. The van der Waals surface area contributed by atoms with Gasteiger partial charge >= 0.3 is 36.4 Å². The van der Waals surface area contributed by atoms with E-state index in [9.17, 15) is 82.7 Å². The molecular formula is C57H45BrCl2F9N21O12S3. The van der Waals surface area contributed by atoms with E-state index in [0.717, 1.165) is 92.9 Å². The molecule has 9 aromatic rings. The maximum Gasteiger partial charge on any atom is 0.418 e. The molecule has 0 fully saturated rings. The van der Waals surface area contributed by atoms with Gasteiger partial charge in [0.15, 0.2) is 0 Å². The third kappa shape index (κ3) is 20.5. The first-order valence-corrected chi connectivity index (χ1v) is 32.2. The lowest BCUT2D eigenvalue weighted by molar-refractivity contribution is -0.138. The van der Waals surface area contributed by atoms with Crippen molar-refractivity contribution in [3.8, 4) is 0 Å². The van der Waals surface area contributed by atoms with Crippen LogP contribution < -0.4 is 49.1 Å². The molecule has 0 saturated carbocycles. The number of amides is 6. The Kier molecular flexibility index (Phi) is 26.4. The zero-order valence-electron chi connectivity index (χ0n) is 53.4. The van der Waals surface area contributed by atoms with Crippen LogP contribution in [0.2, 0.25) is 10.0 Å². The molecule has 9 rings (SSSR count). The number of nitrogen functional groups attached to an aromatic ring is 3. The molecule has 12 N–H and O–H groups in total. The zero-order valence-corrected chi connectivity index (χ0v) is 59.0. The smallest absolute Gasteiger partial charge is 0.418 e. The van der Waals surface area contributed by atoms with Crippen LogP contribution >= 0.6 is 73.1 Å². The van der Waals surface area contributed by atoms with Crippen molar-refractivity contribution in [3.63, 3.8) is 0 Å². The number of esters is 3. The minimum atomic E-state index is -4.92. The average molecular weight is 1630 g/mol. The van der Waals surface area contributed by atoms with E-state index in [4.69, 9.17) is 40.4 Å². The van der Waals surface area contributed by atoms with Gasteiger partial charge in [0.25, 0.3) is 35.4 Å². The Labute approximate surface area is 611 Å². The number of thiazole rings is 3. The molecule has 33 nitrogen and oxygen atoms in total. The molecule has 105 heavy (non-hydrogen) atoms. The first-order chi connectivity index (χ1) is 49.3. The van der Waals surface area contributed by atoms with E-state index in [1.807, 2.05) is 0 Å². The molecule has 0 aliphatic heterocycles. The van der Waals surface area contributed by atoms with E-state index in [1.54, 1.807) is 13.8 Å². The molecule has 9 heterocycles. The highest BCUT2D eigenvalue weighted by atomic mass is 79.9. The molecule has 0 aliphatic rings. The average Bonchev–Trinajstić information content (AvgIpc) is 1.52. The highest BCUT2D eigenvalue weighted by molar-refractivity contribution is 9.10. The lowest BCUT2D eigenvalue weighted by atomic mass is 10.1. The Hall–Kier alpha value is -11.4. The van der Waals surface area contributed by atoms with Gasteiger partial charge in [-0.1, -0.05) is 23.2 Å². The summed E-state index contributed by atoms with van der Waals surface area (Å²) >= 11 is 16.8. The van der Waals surface area contributed by atoms with Crippen LogP contribution in [-0.4, -0.2) is 134 Å². The van der Waals surface area contributed by atoms with Gasteiger partial charge in [-0.05, 0) is 54.9 Å². The number of pyridine rings is 3. The Bertz CT molecular complexity index is 4850. The molecule has 552 valence electrons. The van der Waals surface area contributed by atoms with Crippen LogP contribution in [0, 0.1) is 0 Å².